The molecular weight excluding hydrogens is 432 g/mol. The second kappa shape index (κ2) is 12.4. The number of nitrogens with one attached hydrogen (secondary N) is 2. The van der Waals surface area contributed by atoms with E-state index in [2.05, 4.69) is 20.5 Å². The van der Waals surface area contributed by atoms with Crippen LogP contribution in [0.25, 0.3) is 10.3 Å². The monoisotopic (exact) mass is 455 g/mol. The van der Waals surface area contributed by atoms with Gasteiger partial charge in [0.15, 0.2) is 0 Å². The Morgan fingerprint density at radius 1 is 1.20 bits per heavy atom. The minimum atomic E-state index is -0.228. The molecule has 10 heteroatoms. The van der Waals surface area contributed by atoms with Crippen molar-refractivity contribution in [2.45, 2.75) is 6.42 Å². The predicted molar refractivity (Wildman–Crippen MR) is 121 cm³/mol. The lowest BCUT2D eigenvalue weighted by Crippen LogP contribution is -2.28. The second-order valence-electron chi connectivity index (χ2n) is 6.06. The Bertz CT molecular complexity index is 948. The van der Waals surface area contributed by atoms with Crippen molar-refractivity contribution in [2.75, 3.05) is 50.8 Å². The summed E-state index contributed by atoms with van der Waals surface area (Å²) in [4.78, 5) is 24.9. The Kier molecular flexibility index (Phi) is 9.85. The van der Waals surface area contributed by atoms with Crippen molar-refractivity contribution in [1.29, 1.82) is 0 Å². The van der Waals surface area contributed by atoms with Crippen LogP contribution in [-0.2, 0) is 0 Å². The maximum atomic E-state index is 12.7. The maximum absolute atomic E-state index is 12.7. The summed E-state index contributed by atoms with van der Waals surface area (Å²) < 4.78 is 19.0. The first kappa shape index (κ1) is 23.9. The normalized spacial score (nSPS) is 13.4. The molecule has 0 bridgehead atoms. The van der Waals surface area contributed by atoms with E-state index in [-0.39, 0.29) is 5.91 Å². The molecule has 162 valence electrons. The zero-order chi connectivity index (χ0) is 21.9. The van der Waals surface area contributed by atoms with Crippen LogP contribution in [-0.4, -0.2) is 56.4 Å². The van der Waals surface area contributed by atoms with Crippen molar-refractivity contribution in [1.82, 2.24) is 15.3 Å². The quantitative estimate of drug-likeness (QED) is 0.605. The Morgan fingerprint density at radius 3 is 2.73 bits per heavy atom. The number of amides is 1. The minimum Gasteiger partial charge on any atom is -0.354 e. The van der Waals surface area contributed by atoms with Gasteiger partial charge in [0, 0.05) is 25.0 Å². The summed E-state index contributed by atoms with van der Waals surface area (Å²) in [5, 5.41) is 8.54. The summed E-state index contributed by atoms with van der Waals surface area (Å²) in [6.45, 7) is 3.74. The number of rotatable bonds is 3. The van der Waals surface area contributed by atoms with Crippen molar-refractivity contribution in [3.8, 4) is 0 Å². The molecule has 1 aliphatic heterocycles. The number of halogens is 3. The highest BCUT2D eigenvalue weighted by Crippen LogP contribution is 2.27. The Labute approximate surface area is 183 Å². The van der Waals surface area contributed by atoms with E-state index in [1.807, 2.05) is 12.1 Å². The largest absolute Gasteiger partial charge is 0.354 e. The lowest BCUT2D eigenvalue weighted by molar-refractivity contribution is 0.102. The van der Waals surface area contributed by atoms with Crippen LogP contribution in [0.3, 0.4) is 0 Å². The van der Waals surface area contributed by atoms with Crippen LogP contribution in [0.4, 0.5) is 20.3 Å². The molecule has 0 atom stereocenters. The molecule has 6 nitrogen and oxygen atoms in total. The third-order valence-corrected chi connectivity index (χ3v) is 5.51. The number of carbonyl (C=O) groups is 1. The van der Waals surface area contributed by atoms with Crippen LogP contribution in [0.1, 0.15) is 16.8 Å². The van der Waals surface area contributed by atoms with Gasteiger partial charge in [-0.25, -0.2) is 9.97 Å². The van der Waals surface area contributed by atoms with E-state index in [9.17, 15) is 13.6 Å². The number of carbonyl (C=O) groups excluding carboxylic acids is 1. The van der Waals surface area contributed by atoms with Gasteiger partial charge < -0.3 is 15.5 Å². The van der Waals surface area contributed by atoms with Crippen molar-refractivity contribution in [3.63, 3.8) is 0 Å². The van der Waals surface area contributed by atoms with E-state index in [0.29, 0.717) is 36.1 Å². The fourth-order valence-electron chi connectivity index (χ4n) is 2.94. The van der Waals surface area contributed by atoms with Gasteiger partial charge in [0.05, 0.1) is 36.8 Å². The molecule has 1 aliphatic rings. The molecule has 0 radical (unpaired) electrons. The predicted octanol–water partition coefficient (Wildman–Crippen LogP) is 4.57. The van der Waals surface area contributed by atoms with E-state index < -0.39 is 0 Å². The summed E-state index contributed by atoms with van der Waals surface area (Å²) in [6, 6.07) is 7.18. The first-order valence-electron chi connectivity index (χ1n) is 9.24. The number of benzene rings is 1. The molecule has 2 aromatic heterocycles. The molecule has 1 saturated heterocycles. The van der Waals surface area contributed by atoms with Crippen molar-refractivity contribution in [2.24, 2.45) is 0 Å². The highest BCUT2D eigenvalue weighted by atomic mass is 35.5. The zero-order valence-electron chi connectivity index (χ0n) is 16.8. The molecule has 0 saturated carbocycles. The van der Waals surface area contributed by atoms with Gasteiger partial charge in [-0.3, -0.25) is 13.6 Å². The molecule has 1 aromatic carbocycles. The smallest absolute Gasteiger partial charge is 0.258 e. The van der Waals surface area contributed by atoms with Crippen LogP contribution in [0.15, 0.2) is 35.8 Å². The Balaban J connectivity index is 0.000000757. The first-order valence-corrected chi connectivity index (χ1v) is 10.5. The fraction of sp³-hybridized carbons (Fsp3) is 0.350. The lowest BCUT2D eigenvalue weighted by atomic mass is 10.2. The number of para-hydroxylation sites is 1. The lowest BCUT2D eigenvalue weighted by Gasteiger charge is -2.20. The van der Waals surface area contributed by atoms with Gasteiger partial charge in [-0.15, -0.1) is 11.3 Å². The molecule has 30 heavy (non-hydrogen) atoms. The van der Waals surface area contributed by atoms with Gasteiger partial charge in [-0.2, -0.15) is 0 Å². The second-order valence-corrected chi connectivity index (χ2v) is 7.32. The highest BCUT2D eigenvalue weighted by Gasteiger charge is 2.18. The number of fused-ring (bicyclic) bond motifs is 1. The summed E-state index contributed by atoms with van der Waals surface area (Å²) >= 11 is 7.56. The van der Waals surface area contributed by atoms with Crippen LogP contribution in [0.5, 0.6) is 0 Å². The van der Waals surface area contributed by atoms with E-state index >= 15 is 0 Å². The van der Waals surface area contributed by atoms with Crippen LogP contribution in [0, 0.1) is 0 Å². The van der Waals surface area contributed by atoms with Gasteiger partial charge in [-0.05, 0) is 25.1 Å². The molecule has 0 spiro atoms. The van der Waals surface area contributed by atoms with Crippen LogP contribution in [0.2, 0.25) is 5.02 Å². The SMILES string of the molecule is CF.CF.O=C(Nc1ccccc1Cl)c1csc2ncc(N3CCCNCC3)nc12. The average molecular weight is 456 g/mol. The standard InChI is InChI=1S/C18H18ClN5OS.2CH3F/c19-13-4-1-2-5-14(13)22-17(25)12-11-26-18-16(12)23-15(10-21-18)24-8-3-6-20-7-9-24;2*1-2/h1-2,4-5,10-11,20H,3,6-9H2,(H,22,25);2*1H3. The zero-order valence-corrected chi connectivity index (χ0v) is 18.4. The number of nitrogens with zero attached hydrogens (tertiary/aromatic N) is 3. The molecule has 3 heterocycles. The first-order chi connectivity index (χ1) is 14.7. The number of alkyl halides is 2. The van der Waals surface area contributed by atoms with E-state index in [1.165, 1.54) is 11.3 Å². The summed E-state index contributed by atoms with van der Waals surface area (Å²) in [6.07, 6.45) is 2.85. The molecule has 1 amide bonds. The van der Waals surface area contributed by atoms with Gasteiger partial charge >= 0.3 is 0 Å². The number of anilines is 2. The molecule has 4 rings (SSSR count). The number of hydrogen-bond acceptors (Lipinski definition) is 6. The van der Waals surface area contributed by atoms with Crippen molar-refractivity contribution >= 4 is 50.7 Å². The van der Waals surface area contributed by atoms with Crippen LogP contribution >= 0.6 is 22.9 Å². The summed E-state index contributed by atoms with van der Waals surface area (Å²) in [7, 11) is 1.00. The highest BCUT2D eigenvalue weighted by molar-refractivity contribution is 7.17. The van der Waals surface area contributed by atoms with E-state index in [4.69, 9.17) is 16.6 Å². The average Bonchev–Trinajstić information content (AvgIpc) is 3.03. The van der Waals surface area contributed by atoms with Gasteiger partial charge in [0.1, 0.15) is 16.2 Å². The Hall–Kier alpha value is -2.36. The maximum Gasteiger partial charge on any atom is 0.258 e. The fourth-order valence-corrected chi connectivity index (χ4v) is 3.95. The third-order valence-electron chi connectivity index (χ3n) is 4.30. The number of thiophene rings is 1. The third kappa shape index (κ3) is 5.84. The van der Waals surface area contributed by atoms with Crippen LogP contribution < -0.4 is 15.5 Å². The van der Waals surface area contributed by atoms with Gasteiger partial charge in [0.2, 0.25) is 0 Å². The van der Waals surface area contributed by atoms with Gasteiger partial charge in [-0.1, -0.05) is 23.7 Å². The van der Waals surface area contributed by atoms with Crippen molar-refractivity contribution < 1.29 is 13.6 Å². The van der Waals surface area contributed by atoms with Crippen molar-refractivity contribution in [3.05, 3.63) is 46.4 Å². The number of hydrogen-bond donors (Lipinski definition) is 2. The molecular formula is C20H24ClF2N5OS. The van der Waals surface area contributed by atoms with E-state index in [0.717, 1.165) is 43.2 Å². The molecule has 1 fully saturated rings. The minimum absolute atomic E-state index is 0.228. The Morgan fingerprint density at radius 2 is 1.97 bits per heavy atom. The van der Waals surface area contributed by atoms with Gasteiger partial charge in [0.25, 0.3) is 5.91 Å². The van der Waals surface area contributed by atoms with E-state index in [1.54, 1.807) is 23.7 Å². The molecule has 0 unspecified atom stereocenters. The molecule has 2 N–H and O–H groups in total. The number of aromatic nitrogens is 2. The molecule has 3 aromatic rings. The topological polar surface area (TPSA) is 70.2 Å². The summed E-state index contributed by atoms with van der Waals surface area (Å²) in [5.74, 6) is 0.583. The molecule has 0 aliphatic carbocycles. The summed E-state index contributed by atoms with van der Waals surface area (Å²) in [5.41, 5.74) is 1.74.